The smallest absolute Gasteiger partial charge is 0.266 e. The molecule has 0 radical (unpaired) electrons. The van der Waals surface area contributed by atoms with Crippen molar-refractivity contribution in [2.24, 2.45) is 0 Å². The molecule has 0 bridgehead atoms. The molecule has 2 aromatic carbocycles. The summed E-state index contributed by atoms with van der Waals surface area (Å²) in [5.74, 6) is -0.133. The minimum atomic E-state index is -3.58. The molecule has 1 aromatic heterocycles. The van der Waals surface area contributed by atoms with E-state index in [9.17, 15) is 13.2 Å². The molecule has 0 unspecified atom stereocenters. The van der Waals surface area contributed by atoms with Gasteiger partial charge in [-0.15, -0.1) is 0 Å². The maximum absolute atomic E-state index is 13.2. The second-order valence-electron chi connectivity index (χ2n) is 8.28. The number of rotatable bonds is 6. The van der Waals surface area contributed by atoms with E-state index in [2.05, 4.69) is 0 Å². The molecule has 0 spiro atoms. The topological polar surface area (TPSA) is 75.5 Å². The molecule has 0 atom stereocenters. The number of amides is 1. The highest BCUT2D eigenvalue weighted by Crippen LogP contribution is 2.35. The fraction of sp³-hybridized carbons (Fsp3) is 0.240. The molecule has 2 aliphatic rings. The van der Waals surface area contributed by atoms with Crippen LogP contribution in [0, 0.1) is 0 Å². The molecule has 3 aromatic rings. The van der Waals surface area contributed by atoms with Gasteiger partial charge in [0.2, 0.25) is 10.0 Å². The van der Waals surface area contributed by atoms with E-state index in [0.29, 0.717) is 45.7 Å². The zero-order valence-corrected chi connectivity index (χ0v) is 21.6. The first-order chi connectivity index (χ1) is 16.9. The van der Waals surface area contributed by atoms with Crippen LogP contribution in [0.4, 0.5) is 0 Å². The highest BCUT2D eigenvalue weighted by Gasteiger charge is 2.31. The average molecular weight is 525 g/mol. The summed E-state index contributed by atoms with van der Waals surface area (Å²) in [7, 11) is -3.58. The summed E-state index contributed by atoms with van der Waals surface area (Å²) in [6, 6.07) is 16.5. The number of hydrogen-bond donors (Lipinski definition) is 0. The Morgan fingerprint density at radius 1 is 1.09 bits per heavy atom. The summed E-state index contributed by atoms with van der Waals surface area (Å²) in [4.78, 5) is 15.2. The summed E-state index contributed by atoms with van der Waals surface area (Å²) in [6.07, 6.45) is 5.39. The van der Waals surface area contributed by atoms with Crippen molar-refractivity contribution in [1.82, 2.24) is 19.0 Å². The number of hydrogen-bond acceptors (Lipinski definition) is 6. The lowest BCUT2D eigenvalue weighted by Crippen LogP contribution is -2.27. The van der Waals surface area contributed by atoms with Crippen LogP contribution in [0.2, 0.25) is 0 Å². The van der Waals surface area contributed by atoms with Crippen molar-refractivity contribution in [1.29, 1.82) is 0 Å². The van der Waals surface area contributed by atoms with Crippen LogP contribution >= 0.6 is 24.0 Å². The number of sulfonamides is 1. The summed E-state index contributed by atoms with van der Waals surface area (Å²) in [6.45, 7) is 3.48. The Labute approximate surface area is 214 Å². The number of thiocarbonyl (C=S) groups is 1. The number of carbonyl (C=O) groups is 1. The number of thioether (sulfide) groups is 1. The van der Waals surface area contributed by atoms with E-state index in [-0.39, 0.29) is 10.8 Å². The van der Waals surface area contributed by atoms with E-state index in [0.717, 1.165) is 18.5 Å². The van der Waals surface area contributed by atoms with Crippen LogP contribution in [0.5, 0.6) is 0 Å². The largest absolute Gasteiger partial charge is 0.293 e. The number of nitrogens with zero attached hydrogens (tertiary/aromatic N) is 4. The summed E-state index contributed by atoms with van der Waals surface area (Å²) >= 11 is 6.63. The van der Waals surface area contributed by atoms with Gasteiger partial charge in [0.25, 0.3) is 5.91 Å². The van der Waals surface area contributed by atoms with Gasteiger partial charge < -0.3 is 0 Å². The van der Waals surface area contributed by atoms with E-state index in [1.165, 1.54) is 16.1 Å². The Kier molecular flexibility index (Phi) is 6.63. The lowest BCUT2D eigenvalue weighted by atomic mass is 10.1. The Balaban J connectivity index is 1.61. The van der Waals surface area contributed by atoms with E-state index in [4.69, 9.17) is 17.3 Å². The minimum absolute atomic E-state index is 0.133. The summed E-state index contributed by atoms with van der Waals surface area (Å²) in [5.41, 5.74) is 2.82. The molecule has 10 heteroatoms. The summed E-state index contributed by atoms with van der Waals surface area (Å²) < 4.78 is 30.2. The molecule has 2 saturated heterocycles. The molecule has 7 nitrogen and oxygen atoms in total. The molecule has 5 rings (SSSR count). The average Bonchev–Trinajstić information content (AvgIpc) is 3.61. The van der Waals surface area contributed by atoms with Gasteiger partial charge in [-0.25, -0.2) is 13.1 Å². The maximum Gasteiger partial charge on any atom is 0.266 e. The van der Waals surface area contributed by atoms with Crippen LogP contribution in [-0.4, -0.2) is 57.3 Å². The SMILES string of the molecule is CCN1C(=O)C(=Cc2cn(-c3ccccc3)nc2-c2cccc(S(=O)(=O)N3CCCC3)c2)SC1=S. The number of likely N-dealkylation sites (N-methyl/N-ethyl adjacent to an activating group) is 1. The number of benzene rings is 2. The highest BCUT2D eigenvalue weighted by molar-refractivity contribution is 8.26. The third-order valence-corrected chi connectivity index (χ3v) is 9.32. The Hall–Kier alpha value is -2.79. The van der Waals surface area contributed by atoms with Crippen molar-refractivity contribution in [2.75, 3.05) is 19.6 Å². The molecule has 0 N–H and O–H groups in total. The second-order valence-corrected chi connectivity index (χ2v) is 11.9. The van der Waals surface area contributed by atoms with Gasteiger partial charge in [0.15, 0.2) is 0 Å². The normalized spacial score (nSPS) is 18.2. The monoisotopic (exact) mass is 524 g/mol. The molecule has 3 heterocycles. The Morgan fingerprint density at radius 3 is 2.51 bits per heavy atom. The Bertz CT molecular complexity index is 1430. The fourth-order valence-corrected chi connectivity index (χ4v) is 7.16. The minimum Gasteiger partial charge on any atom is -0.293 e. The van der Waals surface area contributed by atoms with Crippen molar-refractivity contribution in [3.8, 4) is 16.9 Å². The number of carbonyl (C=O) groups excluding carboxylic acids is 1. The van der Waals surface area contributed by atoms with E-state index in [1.54, 1.807) is 33.9 Å². The van der Waals surface area contributed by atoms with Gasteiger partial charge >= 0.3 is 0 Å². The van der Waals surface area contributed by atoms with Crippen molar-refractivity contribution in [3.05, 3.63) is 71.3 Å². The van der Waals surface area contributed by atoms with Gasteiger partial charge in [-0.2, -0.15) is 9.40 Å². The van der Waals surface area contributed by atoms with Crippen LogP contribution < -0.4 is 0 Å². The summed E-state index contributed by atoms with van der Waals surface area (Å²) in [5, 5.41) is 4.79. The first-order valence-corrected chi connectivity index (χ1v) is 14.1. The van der Waals surface area contributed by atoms with Crippen molar-refractivity contribution < 1.29 is 13.2 Å². The molecule has 0 saturated carbocycles. The Morgan fingerprint density at radius 2 is 1.83 bits per heavy atom. The van der Waals surface area contributed by atoms with Crippen molar-refractivity contribution >= 4 is 50.3 Å². The van der Waals surface area contributed by atoms with Crippen molar-refractivity contribution in [2.45, 2.75) is 24.7 Å². The van der Waals surface area contributed by atoms with Gasteiger partial charge in [-0.05, 0) is 50.1 Å². The highest BCUT2D eigenvalue weighted by atomic mass is 32.2. The van der Waals surface area contributed by atoms with E-state index >= 15 is 0 Å². The van der Waals surface area contributed by atoms with Gasteiger partial charge in [-0.3, -0.25) is 9.69 Å². The third-order valence-electron chi connectivity index (χ3n) is 6.05. The quantitative estimate of drug-likeness (QED) is 0.348. The lowest BCUT2D eigenvalue weighted by molar-refractivity contribution is -0.121. The fourth-order valence-electron chi connectivity index (χ4n) is 4.23. The molecular formula is C25H24N4O3S3. The molecule has 180 valence electrons. The van der Waals surface area contributed by atoms with E-state index in [1.807, 2.05) is 49.5 Å². The lowest BCUT2D eigenvalue weighted by Gasteiger charge is -2.16. The molecule has 2 aliphatic heterocycles. The third kappa shape index (κ3) is 4.58. The zero-order chi connectivity index (χ0) is 24.6. The molecule has 0 aliphatic carbocycles. The number of aromatic nitrogens is 2. The molecule has 1 amide bonds. The zero-order valence-electron chi connectivity index (χ0n) is 19.1. The molecule has 35 heavy (non-hydrogen) atoms. The van der Waals surface area contributed by atoms with Crippen LogP contribution in [0.15, 0.2) is 70.6 Å². The standard InChI is InChI=1S/C25H24N4O3S3/c1-2-28-24(30)22(34-25(28)33)16-19-17-29(20-10-4-3-5-11-20)26-23(19)18-9-8-12-21(15-18)35(31,32)27-13-6-7-14-27/h3-5,8-12,15-17H,2,6-7,13-14H2,1H3. The van der Waals surface area contributed by atoms with Gasteiger partial charge in [-0.1, -0.05) is 54.3 Å². The first kappa shape index (κ1) is 23.9. The predicted molar refractivity (Wildman–Crippen MR) is 143 cm³/mol. The van der Waals surface area contributed by atoms with Gasteiger partial charge in [0, 0.05) is 37.0 Å². The first-order valence-electron chi connectivity index (χ1n) is 11.4. The van der Waals surface area contributed by atoms with Crippen molar-refractivity contribution in [3.63, 3.8) is 0 Å². The van der Waals surface area contributed by atoms with Crippen LogP contribution in [-0.2, 0) is 14.8 Å². The maximum atomic E-state index is 13.2. The van der Waals surface area contributed by atoms with Crippen LogP contribution in [0.25, 0.3) is 23.0 Å². The molecular weight excluding hydrogens is 501 g/mol. The second kappa shape index (κ2) is 9.69. The van der Waals surface area contributed by atoms with Gasteiger partial charge in [0.1, 0.15) is 10.0 Å². The number of para-hydroxylation sites is 1. The van der Waals surface area contributed by atoms with Gasteiger partial charge in [0.05, 0.1) is 15.5 Å². The van der Waals surface area contributed by atoms with Crippen LogP contribution in [0.3, 0.4) is 0 Å². The predicted octanol–water partition coefficient (Wildman–Crippen LogP) is 4.54. The van der Waals surface area contributed by atoms with E-state index < -0.39 is 10.0 Å². The molecule has 2 fully saturated rings. The van der Waals surface area contributed by atoms with Crippen LogP contribution in [0.1, 0.15) is 25.3 Å².